The monoisotopic (exact) mass is 236 g/mol. The first-order valence-electron chi connectivity index (χ1n) is 6.20. The molecular formula is C13H20N2O2. The highest BCUT2D eigenvalue weighted by Crippen LogP contribution is 2.11. The molecule has 0 aromatic carbocycles. The van der Waals surface area contributed by atoms with Crippen LogP contribution >= 0.6 is 0 Å². The molecule has 0 aliphatic carbocycles. The number of aromatic nitrogens is 1. The van der Waals surface area contributed by atoms with Crippen molar-refractivity contribution in [3.63, 3.8) is 0 Å². The van der Waals surface area contributed by atoms with Gasteiger partial charge < -0.3 is 14.8 Å². The summed E-state index contributed by atoms with van der Waals surface area (Å²) in [6.45, 7) is 5.08. The van der Waals surface area contributed by atoms with E-state index in [1.54, 1.807) is 6.20 Å². The fourth-order valence-electron chi connectivity index (χ4n) is 1.84. The molecule has 1 aliphatic heterocycles. The van der Waals surface area contributed by atoms with Crippen LogP contribution in [0.15, 0.2) is 24.5 Å². The summed E-state index contributed by atoms with van der Waals surface area (Å²) in [5, 5.41) is 3.33. The standard InChI is InChI=1S/C13H20N2O2/c1-2-12(8-14-4-1)9-15-5-7-17-11-13-3-6-16-10-13/h1-2,4,8,13,15H,3,5-7,9-11H2. The minimum Gasteiger partial charge on any atom is -0.381 e. The first-order valence-corrected chi connectivity index (χ1v) is 6.20. The summed E-state index contributed by atoms with van der Waals surface area (Å²) in [4.78, 5) is 4.07. The molecule has 0 saturated carbocycles. The summed E-state index contributed by atoms with van der Waals surface area (Å²) >= 11 is 0. The van der Waals surface area contributed by atoms with Crippen molar-refractivity contribution in [2.45, 2.75) is 13.0 Å². The van der Waals surface area contributed by atoms with Crippen LogP contribution in [0.4, 0.5) is 0 Å². The van der Waals surface area contributed by atoms with Crippen LogP contribution in [0, 0.1) is 5.92 Å². The average molecular weight is 236 g/mol. The van der Waals surface area contributed by atoms with Gasteiger partial charge in [-0.05, 0) is 18.1 Å². The topological polar surface area (TPSA) is 43.4 Å². The van der Waals surface area contributed by atoms with E-state index in [0.717, 1.165) is 45.9 Å². The van der Waals surface area contributed by atoms with Crippen LogP contribution in [0.25, 0.3) is 0 Å². The van der Waals surface area contributed by atoms with Gasteiger partial charge in [0, 0.05) is 38.0 Å². The van der Waals surface area contributed by atoms with Crippen molar-refractivity contribution in [3.05, 3.63) is 30.1 Å². The zero-order chi connectivity index (χ0) is 11.8. The maximum atomic E-state index is 5.60. The van der Waals surface area contributed by atoms with Gasteiger partial charge in [0.2, 0.25) is 0 Å². The van der Waals surface area contributed by atoms with E-state index < -0.39 is 0 Å². The summed E-state index contributed by atoms with van der Waals surface area (Å²) < 4.78 is 10.9. The van der Waals surface area contributed by atoms with E-state index in [4.69, 9.17) is 9.47 Å². The predicted octanol–water partition coefficient (Wildman–Crippen LogP) is 1.22. The number of pyridine rings is 1. The first kappa shape index (κ1) is 12.5. The predicted molar refractivity (Wildman–Crippen MR) is 65.7 cm³/mol. The van der Waals surface area contributed by atoms with E-state index in [-0.39, 0.29) is 0 Å². The lowest BCUT2D eigenvalue weighted by Crippen LogP contribution is -2.21. The highest BCUT2D eigenvalue weighted by molar-refractivity contribution is 5.07. The van der Waals surface area contributed by atoms with Crippen LogP contribution < -0.4 is 5.32 Å². The average Bonchev–Trinajstić information content (AvgIpc) is 2.88. The largest absolute Gasteiger partial charge is 0.381 e. The number of hydrogen-bond donors (Lipinski definition) is 1. The van der Waals surface area contributed by atoms with Crippen LogP contribution in [-0.2, 0) is 16.0 Å². The number of hydrogen-bond acceptors (Lipinski definition) is 4. The summed E-state index contributed by atoms with van der Waals surface area (Å²) in [5.41, 5.74) is 1.21. The van der Waals surface area contributed by atoms with E-state index in [2.05, 4.69) is 16.4 Å². The second-order valence-corrected chi connectivity index (χ2v) is 4.34. The Kier molecular flexibility index (Phi) is 5.42. The molecule has 2 rings (SSSR count). The van der Waals surface area contributed by atoms with Crippen LogP contribution in [0.2, 0.25) is 0 Å². The Labute approximate surface area is 102 Å². The SMILES string of the molecule is c1cncc(CNCCOCC2CCOC2)c1. The third-order valence-electron chi connectivity index (χ3n) is 2.85. The molecule has 1 saturated heterocycles. The Bertz CT molecular complexity index is 300. The Morgan fingerprint density at radius 1 is 1.53 bits per heavy atom. The van der Waals surface area contributed by atoms with Gasteiger partial charge in [0.1, 0.15) is 0 Å². The van der Waals surface area contributed by atoms with Crippen molar-refractivity contribution in [1.82, 2.24) is 10.3 Å². The number of nitrogens with one attached hydrogen (secondary N) is 1. The highest BCUT2D eigenvalue weighted by atomic mass is 16.5. The smallest absolute Gasteiger partial charge is 0.0591 e. The van der Waals surface area contributed by atoms with Gasteiger partial charge in [-0.25, -0.2) is 0 Å². The van der Waals surface area contributed by atoms with Gasteiger partial charge in [0.15, 0.2) is 0 Å². The number of ether oxygens (including phenoxy) is 2. The maximum absolute atomic E-state index is 5.60. The van der Waals surface area contributed by atoms with Crippen LogP contribution in [0.5, 0.6) is 0 Å². The van der Waals surface area contributed by atoms with Gasteiger partial charge >= 0.3 is 0 Å². The third kappa shape index (κ3) is 4.81. The summed E-state index contributed by atoms with van der Waals surface area (Å²) in [5.74, 6) is 0.605. The molecule has 4 nitrogen and oxygen atoms in total. The van der Waals surface area contributed by atoms with Gasteiger partial charge in [-0.3, -0.25) is 4.98 Å². The summed E-state index contributed by atoms with van der Waals surface area (Å²) in [7, 11) is 0. The lowest BCUT2D eigenvalue weighted by atomic mass is 10.1. The molecule has 1 N–H and O–H groups in total. The quantitative estimate of drug-likeness (QED) is 0.723. The van der Waals surface area contributed by atoms with Crippen LogP contribution in [0.3, 0.4) is 0 Å². The van der Waals surface area contributed by atoms with Crippen molar-refractivity contribution in [3.8, 4) is 0 Å². The van der Waals surface area contributed by atoms with Gasteiger partial charge in [0.05, 0.1) is 19.8 Å². The van der Waals surface area contributed by atoms with E-state index in [9.17, 15) is 0 Å². The number of nitrogens with zero attached hydrogens (tertiary/aromatic N) is 1. The lowest BCUT2D eigenvalue weighted by molar-refractivity contribution is 0.0912. The summed E-state index contributed by atoms with van der Waals surface area (Å²) in [6.07, 6.45) is 4.81. The van der Waals surface area contributed by atoms with Crippen LogP contribution in [-0.4, -0.2) is 38.0 Å². The van der Waals surface area contributed by atoms with Gasteiger partial charge in [-0.2, -0.15) is 0 Å². The molecule has 0 spiro atoms. The third-order valence-corrected chi connectivity index (χ3v) is 2.85. The Balaban J connectivity index is 1.46. The van der Waals surface area contributed by atoms with E-state index in [0.29, 0.717) is 5.92 Å². The zero-order valence-corrected chi connectivity index (χ0v) is 10.1. The molecule has 1 unspecified atom stereocenters. The molecule has 94 valence electrons. The van der Waals surface area contributed by atoms with E-state index in [1.165, 1.54) is 5.56 Å². The first-order chi connectivity index (χ1) is 8.45. The Hall–Kier alpha value is -0.970. The van der Waals surface area contributed by atoms with Crippen molar-refractivity contribution in [2.24, 2.45) is 5.92 Å². The second-order valence-electron chi connectivity index (χ2n) is 4.34. The molecule has 0 amide bonds. The van der Waals surface area contributed by atoms with Crippen molar-refractivity contribution in [1.29, 1.82) is 0 Å². The molecule has 1 aromatic heterocycles. The van der Waals surface area contributed by atoms with Gasteiger partial charge in [0.25, 0.3) is 0 Å². The van der Waals surface area contributed by atoms with E-state index >= 15 is 0 Å². The lowest BCUT2D eigenvalue weighted by Gasteiger charge is -2.09. The van der Waals surface area contributed by atoms with Crippen molar-refractivity contribution < 1.29 is 9.47 Å². The van der Waals surface area contributed by atoms with Crippen molar-refractivity contribution in [2.75, 3.05) is 33.0 Å². The molecule has 2 heterocycles. The Morgan fingerprint density at radius 2 is 2.53 bits per heavy atom. The van der Waals surface area contributed by atoms with Gasteiger partial charge in [-0.1, -0.05) is 6.07 Å². The molecular weight excluding hydrogens is 216 g/mol. The molecule has 1 aromatic rings. The van der Waals surface area contributed by atoms with E-state index in [1.807, 2.05) is 12.3 Å². The Morgan fingerprint density at radius 3 is 3.29 bits per heavy atom. The number of rotatable bonds is 7. The molecule has 0 bridgehead atoms. The maximum Gasteiger partial charge on any atom is 0.0591 e. The fourth-order valence-corrected chi connectivity index (χ4v) is 1.84. The zero-order valence-electron chi connectivity index (χ0n) is 10.1. The molecule has 1 fully saturated rings. The highest BCUT2D eigenvalue weighted by Gasteiger charge is 2.14. The minimum absolute atomic E-state index is 0.605. The normalized spacial score (nSPS) is 19.6. The molecule has 17 heavy (non-hydrogen) atoms. The molecule has 1 aliphatic rings. The van der Waals surface area contributed by atoms with Crippen LogP contribution in [0.1, 0.15) is 12.0 Å². The second kappa shape index (κ2) is 7.37. The summed E-state index contributed by atoms with van der Waals surface area (Å²) in [6, 6.07) is 4.02. The van der Waals surface area contributed by atoms with Crippen molar-refractivity contribution >= 4 is 0 Å². The van der Waals surface area contributed by atoms with Gasteiger partial charge in [-0.15, -0.1) is 0 Å². The minimum atomic E-state index is 0.605. The molecule has 0 radical (unpaired) electrons. The molecule has 1 atom stereocenters. The molecule has 4 heteroatoms. The fraction of sp³-hybridized carbons (Fsp3) is 0.615.